The van der Waals surface area contributed by atoms with Crippen LogP contribution in [0.25, 0.3) is 5.82 Å². The van der Waals surface area contributed by atoms with Crippen LogP contribution in [0.5, 0.6) is 0 Å². The highest BCUT2D eigenvalue weighted by atomic mass is 16.6. The monoisotopic (exact) mass is 440 g/mol. The van der Waals surface area contributed by atoms with E-state index in [-0.39, 0.29) is 17.3 Å². The van der Waals surface area contributed by atoms with Gasteiger partial charge in [-0.05, 0) is 28.0 Å². The zero-order valence-electron chi connectivity index (χ0n) is 17.8. The van der Waals surface area contributed by atoms with E-state index in [1.165, 1.54) is 4.68 Å². The first kappa shape index (κ1) is 21.4. The van der Waals surface area contributed by atoms with E-state index in [2.05, 4.69) is 40.7 Å². The van der Waals surface area contributed by atoms with Crippen LogP contribution in [0.4, 0.5) is 11.5 Å². The summed E-state index contributed by atoms with van der Waals surface area (Å²) in [5, 5.41) is 19.5. The number of nitrogen functional groups attached to an aromatic ring is 1. The Bertz CT molecular complexity index is 1080. The van der Waals surface area contributed by atoms with Crippen molar-refractivity contribution in [3.63, 3.8) is 0 Å². The van der Waals surface area contributed by atoms with Crippen molar-refractivity contribution in [1.29, 1.82) is 0 Å². The van der Waals surface area contributed by atoms with E-state index in [1.54, 1.807) is 6.21 Å². The summed E-state index contributed by atoms with van der Waals surface area (Å²) in [6, 6.07) is 7.74. The highest BCUT2D eigenvalue weighted by molar-refractivity contribution is 5.94. The van der Waals surface area contributed by atoms with E-state index in [0.717, 1.165) is 11.3 Å². The smallest absolute Gasteiger partial charge is 0.293 e. The van der Waals surface area contributed by atoms with Crippen molar-refractivity contribution >= 4 is 23.6 Å². The fourth-order valence-electron chi connectivity index (χ4n) is 3.18. The number of amides is 1. The van der Waals surface area contributed by atoms with Crippen LogP contribution in [-0.4, -0.2) is 82.7 Å². The van der Waals surface area contributed by atoms with Crippen LogP contribution in [0.15, 0.2) is 34.0 Å². The number of hydrogen-bond donors (Lipinski definition) is 2. The SMILES string of the molecule is CN(C)c1ccc(/C=N\NC(=O)c2nnn(-c3nonc3N)c2CN2CCOCC2)cc1. The Hall–Kier alpha value is -3.84. The predicted molar refractivity (Wildman–Crippen MR) is 116 cm³/mol. The first-order chi connectivity index (χ1) is 15.5. The summed E-state index contributed by atoms with van der Waals surface area (Å²) in [4.78, 5) is 16.9. The quantitative estimate of drug-likeness (QED) is 0.376. The highest BCUT2D eigenvalue weighted by Gasteiger charge is 2.26. The topological polar surface area (TPSA) is 153 Å². The van der Waals surface area contributed by atoms with E-state index in [1.807, 2.05) is 43.3 Å². The lowest BCUT2D eigenvalue weighted by atomic mass is 10.2. The molecular formula is C19H24N10O3. The number of hydrazone groups is 1. The average Bonchev–Trinajstić information content (AvgIpc) is 3.40. The molecule has 3 aromatic rings. The van der Waals surface area contributed by atoms with Gasteiger partial charge >= 0.3 is 0 Å². The fraction of sp³-hybridized carbons (Fsp3) is 0.368. The largest absolute Gasteiger partial charge is 0.379 e. The van der Waals surface area contributed by atoms with Crippen molar-refractivity contribution in [3.8, 4) is 5.82 Å². The van der Waals surface area contributed by atoms with Crippen LogP contribution in [0.3, 0.4) is 0 Å². The van der Waals surface area contributed by atoms with E-state index in [9.17, 15) is 4.79 Å². The maximum atomic E-state index is 12.8. The molecule has 1 aromatic carbocycles. The zero-order valence-corrected chi connectivity index (χ0v) is 17.8. The molecule has 1 saturated heterocycles. The summed E-state index contributed by atoms with van der Waals surface area (Å²) in [7, 11) is 3.93. The summed E-state index contributed by atoms with van der Waals surface area (Å²) in [5.74, 6) is -0.288. The third kappa shape index (κ3) is 4.73. The molecule has 0 bridgehead atoms. The van der Waals surface area contributed by atoms with Gasteiger partial charge in [-0.3, -0.25) is 9.69 Å². The molecule has 13 heteroatoms. The van der Waals surface area contributed by atoms with Gasteiger partial charge in [0.05, 0.1) is 25.1 Å². The lowest BCUT2D eigenvalue weighted by Crippen LogP contribution is -2.37. The Labute approximate surface area is 183 Å². The van der Waals surface area contributed by atoms with Crippen molar-refractivity contribution in [2.24, 2.45) is 5.10 Å². The number of hydrogen-bond acceptors (Lipinski definition) is 11. The van der Waals surface area contributed by atoms with Crippen LogP contribution in [0.1, 0.15) is 21.7 Å². The lowest BCUT2D eigenvalue weighted by molar-refractivity contribution is 0.0332. The predicted octanol–water partition coefficient (Wildman–Crippen LogP) is -0.105. The van der Waals surface area contributed by atoms with Gasteiger partial charge in [0.2, 0.25) is 11.6 Å². The number of ether oxygens (including phenoxy) is 1. The van der Waals surface area contributed by atoms with E-state index in [4.69, 9.17) is 10.5 Å². The second-order valence-electron chi connectivity index (χ2n) is 7.34. The Morgan fingerprint density at radius 2 is 2.00 bits per heavy atom. The molecular weight excluding hydrogens is 416 g/mol. The molecule has 0 aliphatic carbocycles. The number of rotatable bonds is 7. The number of carbonyl (C=O) groups excluding carboxylic acids is 1. The van der Waals surface area contributed by atoms with Gasteiger partial charge in [0, 0.05) is 39.4 Å². The van der Waals surface area contributed by atoms with Crippen LogP contribution >= 0.6 is 0 Å². The van der Waals surface area contributed by atoms with Gasteiger partial charge in [-0.15, -0.1) is 5.10 Å². The first-order valence-corrected chi connectivity index (χ1v) is 9.97. The average molecular weight is 440 g/mol. The van der Waals surface area contributed by atoms with E-state index in [0.29, 0.717) is 38.5 Å². The van der Waals surface area contributed by atoms with Crippen molar-refractivity contribution in [2.75, 3.05) is 51.0 Å². The lowest BCUT2D eigenvalue weighted by Gasteiger charge is -2.26. The summed E-state index contributed by atoms with van der Waals surface area (Å²) in [5.41, 5.74) is 10.8. The van der Waals surface area contributed by atoms with Gasteiger partial charge in [0.1, 0.15) is 0 Å². The number of nitrogens with one attached hydrogen (secondary N) is 1. The van der Waals surface area contributed by atoms with E-state index >= 15 is 0 Å². The molecule has 2 aromatic heterocycles. The molecule has 1 aliphatic rings. The van der Waals surface area contributed by atoms with Crippen molar-refractivity contribution in [2.45, 2.75) is 6.54 Å². The molecule has 1 fully saturated rings. The molecule has 0 spiro atoms. The van der Waals surface area contributed by atoms with Gasteiger partial charge in [-0.25, -0.2) is 10.1 Å². The van der Waals surface area contributed by atoms with Crippen molar-refractivity contribution in [1.82, 2.24) is 35.6 Å². The molecule has 3 N–H and O–H groups in total. The van der Waals surface area contributed by atoms with Crippen LogP contribution in [0, 0.1) is 0 Å². The van der Waals surface area contributed by atoms with Gasteiger partial charge < -0.3 is 15.4 Å². The summed E-state index contributed by atoms with van der Waals surface area (Å²) in [6.07, 6.45) is 1.56. The number of benzene rings is 1. The van der Waals surface area contributed by atoms with Gasteiger partial charge in [-0.1, -0.05) is 17.3 Å². The normalized spacial score (nSPS) is 14.7. The van der Waals surface area contributed by atoms with Crippen LogP contribution in [0.2, 0.25) is 0 Å². The van der Waals surface area contributed by atoms with Gasteiger partial charge in [0.25, 0.3) is 5.91 Å². The van der Waals surface area contributed by atoms with Crippen LogP contribution in [-0.2, 0) is 11.3 Å². The summed E-state index contributed by atoms with van der Waals surface area (Å²) in [6.45, 7) is 3.02. The highest BCUT2D eigenvalue weighted by Crippen LogP contribution is 2.18. The number of nitrogens with zero attached hydrogens (tertiary/aromatic N) is 8. The molecule has 0 unspecified atom stereocenters. The number of carbonyl (C=O) groups is 1. The van der Waals surface area contributed by atoms with E-state index < -0.39 is 5.91 Å². The fourth-order valence-corrected chi connectivity index (χ4v) is 3.18. The van der Waals surface area contributed by atoms with Crippen molar-refractivity contribution in [3.05, 3.63) is 41.2 Å². The number of morpholine rings is 1. The van der Waals surface area contributed by atoms with Gasteiger partial charge in [0.15, 0.2) is 5.69 Å². The Morgan fingerprint density at radius 1 is 1.25 bits per heavy atom. The summed E-state index contributed by atoms with van der Waals surface area (Å²) < 4.78 is 11.4. The molecule has 168 valence electrons. The number of anilines is 2. The Kier molecular flexibility index (Phi) is 6.37. The minimum Gasteiger partial charge on any atom is -0.379 e. The Morgan fingerprint density at radius 3 is 2.66 bits per heavy atom. The maximum Gasteiger partial charge on any atom is 0.293 e. The maximum absolute atomic E-state index is 12.8. The zero-order chi connectivity index (χ0) is 22.5. The second-order valence-corrected chi connectivity index (χ2v) is 7.34. The molecule has 3 heterocycles. The van der Waals surface area contributed by atoms with Gasteiger partial charge in [-0.2, -0.15) is 9.78 Å². The molecule has 32 heavy (non-hydrogen) atoms. The Balaban J connectivity index is 1.53. The second kappa shape index (κ2) is 9.53. The van der Waals surface area contributed by atoms with Crippen LogP contribution < -0.4 is 16.1 Å². The first-order valence-electron chi connectivity index (χ1n) is 9.97. The summed E-state index contributed by atoms with van der Waals surface area (Å²) >= 11 is 0. The molecule has 1 aliphatic heterocycles. The van der Waals surface area contributed by atoms with Crippen molar-refractivity contribution < 1.29 is 14.2 Å². The number of aromatic nitrogens is 5. The number of nitrogens with two attached hydrogens (primary N) is 1. The standard InChI is InChI=1S/C19H24N10O3/c1-27(2)14-5-3-13(4-6-14)11-21-23-19(30)16-15(12-28-7-9-31-10-8-28)29(26-22-16)18-17(20)24-32-25-18/h3-6,11H,7-10,12H2,1-2H3,(H2,20,24)(H,23,30)/b21-11-. The third-order valence-corrected chi connectivity index (χ3v) is 4.94. The molecule has 4 rings (SSSR count). The minimum atomic E-state index is -0.504. The molecule has 0 radical (unpaired) electrons. The molecule has 0 saturated carbocycles. The minimum absolute atomic E-state index is 0.0456. The molecule has 1 amide bonds. The molecule has 13 nitrogen and oxygen atoms in total. The third-order valence-electron chi connectivity index (χ3n) is 4.94. The molecule has 0 atom stereocenters.